The summed E-state index contributed by atoms with van der Waals surface area (Å²) in [5.74, 6) is -0.987. The van der Waals surface area contributed by atoms with E-state index < -0.39 is 11.8 Å². The largest absolute Gasteiger partial charge is 0.271 e. The molecule has 2 rings (SSSR count). The number of rotatable bonds is 3. The molecule has 2 N–H and O–H groups in total. The van der Waals surface area contributed by atoms with Crippen LogP contribution in [0.2, 0.25) is 10.0 Å². The van der Waals surface area contributed by atoms with Crippen molar-refractivity contribution in [1.82, 2.24) is 15.8 Å². The molecule has 0 atom stereocenters. The van der Waals surface area contributed by atoms with Crippen LogP contribution in [-0.2, 0) is 4.79 Å². The molecule has 112 valence electrons. The van der Waals surface area contributed by atoms with Crippen LogP contribution in [0.5, 0.6) is 0 Å². The summed E-state index contributed by atoms with van der Waals surface area (Å²) in [7, 11) is 0. The Hall–Kier alpha value is -2.37. The number of hydrogen-bond acceptors (Lipinski definition) is 3. The van der Waals surface area contributed by atoms with E-state index in [0.29, 0.717) is 21.2 Å². The lowest BCUT2D eigenvalue weighted by Crippen LogP contribution is -2.40. The predicted molar refractivity (Wildman–Crippen MR) is 85.3 cm³/mol. The van der Waals surface area contributed by atoms with Gasteiger partial charge in [-0.3, -0.25) is 25.4 Å². The van der Waals surface area contributed by atoms with E-state index in [1.54, 1.807) is 36.5 Å². The fraction of sp³-hybridized carbons (Fsp3) is 0. The van der Waals surface area contributed by atoms with Gasteiger partial charge in [0.25, 0.3) is 11.8 Å². The molecule has 0 aliphatic rings. The highest BCUT2D eigenvalue weighted by atomic mass is 35.5. The molecule has 22 heavy (non-hydrogen) atoms. The zero-order chi connectivity index (χ0) is 15.9. The first kappa shape index (κ1) is 16.0. The number of nitrogens with one attached hydrogen (secondary N) is 2. The predicted octanol–water partition coefficient (Wildman–Crippen LogP) is 2.86. The summed E-state index contributed by atoms with van der Waals surface area (Å²) in [4.78, 5) is 27.2. The smallest absolute Gasteiger partial charge is 0.268 e. The second-order valence-electron chi connectivity index (χ2n) is 4.15. The van der Waals surface area contributed by atoms with Gasteiger partial charge < -0.3 is 0 Å². The van der Waals surface area contributed by atoms with Crippen LogP contribution < -0.4 is 10.9 Å². The van der Waals surface area contributed by atoms with E-state index in [2.05, 4.69) is 15.8 Å². The van der Waals surface area contributed by atoms with Gasteiger partial charge in [0.05, 0.1) is 5.56 Å². The second-order valence-corrected chi connectivity index (χ2v) is 4.97. The third kappa shape index (κ3) is 4.31. The SMILES string of the molecule is O=C(/C=C/c1c(Cl)cccc1Cl)NNC(=O)c1cccnc1. The Bertz CT molecular complexity index is 698. The Kier molecular flexibility index (Phi) is 5.52. The Labute approximate surface area is 136 Å². The molecule has 1 aromatic heterocycles. The monoisotopic (exact) mass is 335 g/mol. The van der Waals surface area contributed by atoms with Gasteiger partial charge in [0.15, 0.2) is 0 Å². The van der Waals surface area contributed by atoms with Crippen molar-refractivity contribution in [1.29, 1.82) is 0 Å². The number of nitrogens with zero attached hydrogens (tertiary/aromatic N) is 1. The Morgan fingerprint density at radius 1 is 1.05 bits per heavy atom. The lowest BCUT2D eigenvalue weighted by Gasteiger charge is -2.05. The van der Waals surface area contributed by atoms with Gasteiger partial charge in [0.1, 0.15) is 0 Å². The standard InChI is InChI=1S/C15H11Cl2N3O2/c16-12-4-1-5-13(17)11(12)6-7-14(21)19-20-15(22)10-3-2-8-18-9-10/h1-9H,(H,19,21)(H,20,22)/b7-6+. The summed E-state index contributed by atoms with van der Waals surface area (Å²) in [5, 5.41) is 0.854. The van der Waals surface area contributed by atoms with Crippen LogP contribution in [-0.4, -0.2) is 16.8 Å². The van der Waals surface area contributed by atoms with Crippen molar-refractivity contribution in [3.05, 3.63) is 70.0 Å². The number of hydrogen-bond donors (Lipinski definition) is 2. The van der Waals surface area contributed by atoms with E-state index in [1.165, 1.54) is 18.3 Å². The quantitative estimate of drug-likeness (QED) is 0.669. The highest BCUT2D eigenvalue weighted by molar-refractivity contribution is 6.37. The molecule has 0 saturated carbocycles. The molecule has 0 aliphatic heterocycles. The van der Waals surface area contributed by atoms with Crippen LogP contribution in [0, 0.1) is 0 Å². The van der Waals surface area contributed by atoms with E-state index in [4.69, 9.17) is 23.2 Å². The molecular weight excluding hydrogens is 325 g/mol. The van der Waals surface area contributed by atoms with Gasteiger partial charge in [-0.2, -0.15) is 0 Å². The number of aromatic nitrogens is 1. The first-order chi connectivity index (χ1) is 10.6. The maximum Gasteiger partial charge on any atom is 0.271 e. The zero-order valence-electron chi connectivity index (χ0n) is 11.2. The Morgan fingerprint density at radius 3 is 2.41 bits per heavy atom. The lowest BCUT2D eigenvalue weighted by atomic mass is 10.2. The number of benzene rings is 1. The molecular formula is C15H11Cl2N3O2. The molecule has 2 aromatic rings. The zero-order valence-corrected chi connectivity index (χ0v) is 12.7. The van der Waals surface area contributed by atoms with Gasteiger partial charge in [-0.05, 0) is 30.3 Å². The van der Waals surface area contributed by atoms with Gasteiger partial charge >= 0.3 is 0 Å². The second kappa shape index (κ2) is 7.59. The molecule has 7 heteroatoms. The summed E-state index contributed by atoms with van der Waals surface area (Å²) in [5.41, 5.74) is 5.38. The molecule has 0 aliphatic carbocycles. The van der Waals surface area contributed by atoms with Crippen molar-refractivity contribution >= 4 is 41.1 Å². The molecule has 5 nitrogen and oxygen atoms in total. The van der Waals surface area contributed by atoms with Gasteiger partial charge in [-0.25, -0.2) is 0 Å². The van der Waals surface area contributed by atoms with Crippen molar-refractivity contribution < 1.29 is 9.59 Å². The van der Waals surface area contributed by atoms with Gasteiger partial charge in [-0.1, -0.05) is 29.3 Å². The van der Waals surface area contributed by atoms with E-state index in [-0.39, 0.29) is 0 Å². The van der Waals surface area contributed by atoms with E-state index in [9.17, 15) is 9.59 Å². The molecule has 0 saturated heterocycles. The first-order valence-corrected chi connectivity index (χ1v) is 6.96. The topological polar surface area (TPSA) is 71.1 Å². The molecule has 2 amide bonds. The highest BCUT2D eigenvalue weighted by Gasteiger charge is 2.06. The average Bonchev–Trinajstić information content (AvgIpc) is 2.53. The molecule has 0 bridgehead atoms. The van der Waals surface area contributed by atoms with Crippen LogP contribution in [0.3, 0.4) is 0 Å². The molecule has 0 fully saturated rings. The normalized spacial score (nSPS) is 10.5. The number of amides is 2. The molecule has 0 spiro atoms. The Balaban J connectivity index is 1.93. The fourth-order valence-corrected chi connectivity index (χ4v) is 2.08. The summed E-state index contributed by atoms with van der Waals surface area (Å²) in [6, 6.07) is 8.23. The van der Waals surface area contributed by atoms with Crippen LogP contribution in [0.25, 0.3) is 6.08 Å². The first-order valence-electron chi connectivity index (χ1n) is 6.20. The van der Waals surface area contributed by atoms with Crippen molar-refractivity contribution in [2.75, 3.05) is 0 Å². The van der Waals surface area contributed by atoms with Crippen molar-refractivity contribution in [2.24, 2.45) is 0 Å². The van der Waals surface area contributed by atoms with Crippen LogP contribution >= 0.6 is 23.2 Å². The number of hydrazine groups is 1. The number of pyridine rings is 1. The summed E-state index contributed by atoms with van der Waals surface area (Å²) >= 11 is 12.0. The minimum Gasteiger partial charge on any atom is -0.268 e. The van der Waals surface area contributed by atoms with Gasteiger partial charge in [0.2, 0.25) is 0 Å². The molecule has 1 aromatic carbocycles. The number of carbonyl (C=O) groups excluding carboxylic acids is 2. The lowest BCUT2D eigenvalue weighted by molar-refractivity contribution is -0.117. The van der Waals surface area contributed by atoms with Crippen LogP contribution in [0.15, 0.2) is 48.8 Å². The maximum atomic E-state index is 11.7. The van der Waals surface area contributed by atoms with E-state index >= 15 is 0 Å². The minimum absolute atomic E-state index is 0.334. The summed E-state index contributed by atoms with van der Waals surface area (Å²) in [6.07, 6.45) is 5.62. The molecule has 0 radical (unpaired) electrons. The summed E-state index contributed by atoms with van der Waals surface area (Å²) in [6.45, 7) is 0. The van der Waals surface area contributed by atoms with Gasteiger partial charge in [-0.15, -0.1) is 0 Å². The van der Waals surface area contributed by atoms with E-state index in [1.807, 2.05) is 0 Å². The highest BCUT2D eigenvalue weighted by Crippen LogP contribution is 2.25. The van der Waals surface area contributed by atoms with Crippen LogP contribution in [0.4, 0.5) is 0 Å². The van der Waals surface area contributed by atoms with E-state index in [0.717, 1.165) is 0 Å². The van der Waals surface area contributed by atoms with Crippen molar-refractivity contribution in [3.8, 4) is 0 Å². The minimum atomic E-state index is -0.520. The van der Waals surface area contributed by atoms with Gasteiger partial charge in [0, 0.05) is 34.1 Å². The number of carbonyl (C=O) groups is 2. The molecule has 1 heterocycles. The summed E-state index contributed by atoms with van der Waals surface area (Å²) < 4.78 is 0. The van der Waals surface area contributed by atoms with Crippen molar-refractivity contribution in [3.63, 3.8) is 0 Å². The average molecular weight is 336 g/mol. The third-order valence-corrected chi connectivity index (χ3v) is 3.28. The maximum absolute atomic E-state index is 11.7. The number of halogens is 2. The Morgan fingerprint density at radius 2 is 1.77 bits per heavy atom. The van der Waals surface area contributed by atoms with Crippen molar-refractivity contribution in [2.45, 2.75) is 0 Å². The third-order valence-electron chi connectivity index (χ3n) is 2.62. The molecule has 0 unspecified atom stereocenters. The fourth-order valence-electron chi connectivity index (χ4n) is 1.56. The van der Waals surface area contributed by atoms with Crippen LogP contribution in [0.1, 0.15) is 15.9 Å².